The maximum absolute atomic E-state index is 12.7. The van der Waals surface area contributed by atoms with Crippen molar-refractivity contribution in [2.75, 3.05) is 28.6 Å². The Hall–Kier alpha value is -5.40. The zero-order valence-corrected chi connectivity index (χ0v) is 23.7. The summed E-state index contributed by atoms with van der Waals surface area (Å²) in [6.45, 7) is -0.452. The number of carboxylic acid groups (broad SMARTS) is 1. The summed E-state index contributed by atoms with van der Waals surface area (Å²) in [6.07, 6.45) is -6.21. The first-order valence-corrected chi connectivity index (χ1v) is 13.7. The highest BCUT2D eigenvalue weighted by atomic mass is 19.4. The largest absolute Gasteiger partial charge is 0.480 e. The maximum atomic E-state index is 12.7. The average Bonchev–Trinajstić information content (AvgIpc) is 3.00. The zero-order valence-electron chi connectivity index (χ0n) is 23.7. The fraction of sp³-hybridized carbons (Fsp3) is 0.188. The summed E-state index contributed by atoms with van der Waals surface area (Å²) < 4.78 is 75.6. The predicted molar refractivity (Wildman–Crippen MR) is 157 cm³/mol. The third-order valence-corrected chi connectivity index (χ3v) is 7.21. The van der Waals surface area contributed by atoms with Gasteiger partial charge in [-0.1, -0.05) is 30.3 Å². The molecule has 0 aliphatic carbocycles. The molecule has 46 heavy (non-hydrogen) atoms. The van der Waals surface area contributed by atoms with Crippen LogP contribution in [-0.4, -0.2) is 41.0 Å². The van der Waals surface area contributed by atoms with Crippen molar-refractivity contribution >= 4 is 35.0 Å². The van der Waals surface area contributed by atoms with Gasteiger partial charge in [0.1, 0.15) is 12.4 Å². The van der Waals surface area contributed by atoms with Crippen LogP contribution in [0.2, 0.25) is 0 Å². The summed E-state index contributed by atoms with van der Waals surface area (Å²) in [5.41, 5.74) is 3.04. The molecule has 2 aliphatic heterocycles. The Morgan fingerprint density at radius 1 is 0.739 bits per heavy atom. The van der Waals surface area contributed by atoms with E-state index in [-0.39, 0.29) is 24.9 Å². The Morgan fingerprint density at radius 2 is 1.30 bits per heavy atom. The van der Waals surface area contributed by atoms with Gasteiger partial charge in [0.25, 0.3) is 0 Å². The lowest BCUT2D eigenvalue weighted by molar-refractivity contribution is -0.138. The minimum Gasteiger partial charge on any atom is -0.480 e. The number of amides is 2. The fourth-order valence-corrected chi connectivity index (χ4v) is 4.95. The van der Waals surface area contributed by atoms with Gasteiger partial charge in [-0.3, -0.25) is 14.4 Å². The molecule has 0 atom stereocenters. The Labute approximate surface area is 257 Å². The van der Waals surface area contributed by atoms with Gasteiger partial charge in [0.15, 0.2) is 0 Å². The van der Waals surface area contributed by atoms with Crippen molar-refractivity contribution < 1.29 is 45.8 Å². The standard InChI is InChI=1S/C17H13F3N2O3.C15H11F3N2O/c18-17(19,20)12-4-1-10(2-5-12)11-3-6-13-14(7-11)22(9-16(24)25)8-15(23)21-13;16-15(17,18)12-4-1-9(2-5-12)11-7-10-3-6-13(21)20-14(10)19-8-11/h1-7H,8-9H2,(H,21,23)(H,24,25);1-2,4-5,7-8H,3,6H2,(H,19,20,21). The first-order chi connectivity index (χ1) is 21.7. The molecule has 0 spiro atoms. The summed E-state index contributed by atoms with van der Waals surface area (Å²) in [5, 5.41) is 14.3. The molecule has 0 radical (unpaired) electrons. The van der Waals surface area contributed by atoms with E-state index < -0.39 is 29.4 Å². The summed E-state index contributed by atoms with van der Waals surface area (Å²) in [6, 6.07) is 16.4. The van der Waals surface area contributed by atoms with Crippen molar-refractivity contribution in [1.29, 1.82) is 0 Å². The van der Waals surface area contributed by atoms with Gasteiger partial charge in [0, 0.05) is 18.2 Å². The number of halogens is 6. The molecule has 2 amide bonds. The van der Waals surface area contributed by atoms with Crippen LogP contribution in [0.3, 0.4) is 0 Å². The van der Waals surface area contributed by atoms with E-state index in [1.165, 1.54) is 29.2 Å². The number of aromatic nitrogens is 1. The highest BCUT2D eigenvalue weighted by molar-refractivity contribution is 6.03. The lowest BCUT2D eigenvalue weighted by Crippen LogP contribution is -2.41. The number of aryl methyl sites for hydroxylation is 1. The van der Waals surface area contributed by atoms with Crippen LogP contribution in [0.15, 0.2) is 79.0 Å². The van der Waals surface area contributed by atoms with Gasteiger partial charge in [0.05, 0.1) is 29.0 Å². The number of carboxylic acids is 1. The Kier molecular flexibility index (Phi) is 8.72. The number of anilines is 3. The second-order valence-corrected chi connectivity index (χ2v) is 10.5. The van der Waals surface area contributed by atoms with Gasteiger partial charge in [0.2, 0.25) is 11.8 Å². The normalized spacial score (nSPS) is 14.3. The van der Waals surface area contributed by atoms with Crippen LogP contribution < -0.4 is 15.5 Å². The highest BCUT2D eigenvalue weighted by Gasteiger charge is 2.31. The number of rotatable bonds is 4. The number of fused-ring (bicyclic) bond motifs is 2. The molecule has 8 nitrogen and oxygen atoms in total. The smallest absolute Gasteiger partial charge is 0.416 e. The van der Waals surface area contributed by atoms with Gasteiger partial charge >= 0.3 is 18.3 Å². The maximum Gasteiger partial charge on any atom is 0.416 e. The van der Waals surface area contributed by atoms with Crippen molar-refractivity contribution in [1.82, 2.24) is 4.98 Å². The van der Waals surface area contributed by atoms with Crippen LogP contribution >= 0.6 is 0 Å². The quantitative estimate of drug-likeness (QED) is 0.210. The molecule has 0 saturated heterocycles. The average molecular weight is 643 g/mol. The minimum absolute atomic E-state index is 0.0720. The summed E-state index contributed by atoms with van der Waals surface area (Å²) in [4.78, 5) is 39.5. The monoisotopic (exact) mass is 642 g/mol. The Balaban J connectivity index is 0.000000184. The molecule has 0 saturated carbocycles. The molecule has 2 aliphatic rings. The topological polar surface area (TPSA) is 112 Å². The van der Waals surface area contributed by atoms with E-state index in [0.29, 0.717) is 46.7 Å². The van der Waals surface area contributed by atoms with Crippen LogP contribution in [-0.2, 0) is 33.2 Å². The van der Waals surface area contributed by atoms with E-state index in [4.69, 9.17) is 5.11 Å². The third-order valence-electron chi connectivity index (χ3n) is 7.21. The van der Waals surface area contributed by atoms with E-state index in [9.17, 15) is 40.7 Å². The lowest BCUT2D eigenvalue weighted by atomic mass is 10.0. The molecule has 3 heterocycles. The summed E-state index contributed by atoms with van der Waals surface area (Å²) in [7, 11) is 0. The van der Waals surface area contributed by atoms with Gasteiger partial charge < -0.3 is 20.6 Å². The van der Waals surface area contributed by atoms with Crippen molar-refractivity contribution in [2.24, 2.45) is 0 Å². The molecule has 3 N–H and O–H groups in total. The number of nitrogens with one attached hydrogen (secondary N) is 2. The zero-order chi connectivity index (χ0) is 33.2. The molecule has 1 aromatic heterocycles. The molecule has 3 aromatic carbocycles. The van der Waals surface area contributed by atoms with E-state index in [0.717, 1.165) is 35.4 Å². The molecule has 0 bridgehead atoms. The molecular weight excluding hydrogens is 618 g/mol. The van der Waals surface area contributed by atoms with E-state index in [1.807, 2.05) is 6.07 Å². The Morgan fingerprint density at radius 3 is 1.87 bits per heavy atom. The molecule has 14 heteroatoms. The van der Waals surface area contributed by atoms with Crippen LogP contribution in [0.4, 0.5) is 43.5 Å². The van der Waals surface area contributed by atoms with Crippen LogP contribution in [0.5, 0.6) is 0 Å². The van der Waals surface area contributed by atoms with Crippen molar-refractivity contribution in [2.45, 2.75) is 25.2 Å². The highest BCUT2D eigenvalue weighted by Crippen LogP contribution is 2.36. The van der Waals surface area contributed by atoms with Gasteiger partial charge in [-0.25, -0.2) is 4.98 Å². The fourth-order valence-electron chi connectivity index (χ4n) is 4.95. The number of alkyl halides is 6. The molecule has 0 unspecified atom stereocenters. The second kappa shape index (κ2) is 12.5. The van der Waals surface area contributed by atoms with Crippen molar-refractivity contribution in [3.63, 3.8) is 0 Å². The number of nitrogens with zero attached hydrogens (tertiary/aromatic N) is 2. The first-order valence-electron chi connectivity index (χ1n) is 13.7. The van der Waals surface area contributed by atoms with Gasteiger partial charge in [-0.2, -0.15) is 26.3 Å². The van der Waals surface area contributed by atoms with Gasteiger partial charge in [-0.15, -0.1) is 0 Å². The molecule has 238 valence electrons. The third kappa shape index (κ3) is 7.45. The van der Waals surface area contributed by atoms with Crippen LogP contribution in [0, 0.1) is 0 Å². The van der Waals surface area contributed by atoms with Gasteiger partial charge in [-0.05, 0) is 71.1 Å². The SMILES string of the molecule is O=C(O)CN1CC(=O)Nc2ccc(-c3ccc(C(F)(F)F)cc3)cc21.O=C1CCc2cc(-c3ccc(C(F)(F)F)cc3)cnc2N1. The number of hydrogen-bond donors (Lipinski definition) is 3. The number of carbonyl (C=O) groups is 3. The Bertz CT molecular complexity index is 1790. The number of pyridine rings is 1. The van der Waals surface area contributed by atoms with Crippen molar-refractivity contribution in [3.05, 3.63) is 95.7 Å². The molecule has 0 fully saturated rings. The molecular formula is C32H24F6N4O4. The summed E-state index contributed by atoms with van der Waals surface area (Å²) in [5.74, 6) is -0.948. The van der Waals surface area contributed by atoms with E-state index in [1.54, 1.807) is 24.4 Å². The lowest BCUT2D eigenvalue weighted by Gasteiger charge is -2.30. The van der Waals surface area contributed by atoms with E-state index >= 15 is 0 Å². The van der Waals surface area contributed by atoms with Crippen LogP contribution in [0.1, 0.15) is 23.1 Å². The number of benzene rings is 3. The van der Waals surface area contributed by atoms with Crippen LogP contribution in [0.25, 0.3) is 22.3 Å². The number of hydrogen-bond acceptors (Lipinski definition) is 5. The van der Waals surface area contributed by atoms with E-state index in [2.05, 4.69) is 15.6 Å². The molecule has 6 rings (SSSR count). The number of carbonyl (C=O) groups excluding carboxylic acids is 2. The predicted octanol–water partition coefficient (Wildman–Crippen LogP) is 6.87. The van der Waals surface area contributed by atoms with Crippen molar-refractivity contribution in [3.8, 4) is 22.3 Å². The number of aliphatic carboxylic acids is 1. The minimum atomic E-state index is -4.41. The summed E-state index contributed by atoms with van der Waals surface area (Å²) >= 11 is 0. The molecule has 4 aromatic rings. The second-order valence-electron chi connectivity index (χ2n) is 10.5. The first kappa shape index (κ1) is 32.0.